The Morgan fingerprint density at radius 3 is 2.63 bits per heavy atom. The summed E-state index contributed by atoms with van der Waals surface area (Å²) in [4.78, 5) is 29.2. The zero-order valence-electron chi connectivity index (χ0n) is 19.1. The van der Waals surface area contributed by atoms with Crippen molar-refractivity contribution in [1.82, 2.24) is 24.4 Å². The molecule has 35 heavy (non-hydrogen) atoms. The van der Waals surface area contributed by atoms with E-state index in [9.17, 15) is 9.59 Å². The summed E-state index contributed by atoms with van der Waals surface area (Å²) in [7, 11) is 0. The number of rotatable bonds is 6. The van der Waals surface area contributed by atoms with E-state index in [-0.39, 0.29) is 16.2 Å². The summed E-state index contributed by atoms with van der Waals surface area (Å²) in [5.74, 6) is 0.769. The SMILES string of the molecule is C=CCOc1ccc(-c2nn(-c3ccccc3)cc2C=c2sc3nc(=O)c(C)nn3c2=O)cc1C. The molecule has 0 saturated carbocycles. The van der Waals surface area contributed by atoms with E-state index in [2.05, 4.69) is 16.7 Å². The van der Waals surface area contributed by atoms with Gasteiger partial charge in [-0.2, -0.15) is 19.7 Å². The number of ether oxygens (including phenoxy) is 1. The van der Waals surface area contributed by atoms with Crippen molar-refractivity contribution < 1.29 is 4.74 Å². The van der Waals surface area contributed by atoms with Crippen LogP contribution in [0.15, 0.2) is 77.0 Å². The molecule has 5 aromatic rings. The van der Waals surface area contributed by atoms with Gasteiger partial charge in [-0.15, -0.1) is 0 Å². The van der Waals surface area contributed by atoms with Crippen LogP contribution in [-0.2, 0) is 0 Å². The highest BCUT2D eigenvalue weighted by Gasteiger charge is 2.15. The van der Waals surface area contributed by atoms with E-state index in [0.717, 1.165) is 39.5 Å². The molecule has 9 heteroatoms. The summed E-state index contributed by atoms with van der Waals surface area (Å²) in [5, 5.41) is 8.93. The summed E-state index contributed by atoms with van der Waals surface area (Å²) in [6, 6.07) is 15.6. The fourth-order valence-corrected chi connectivity index (χ4v) is 4.56. The number of hydrogen-bond donors (Lipinski definition) is 0. The Balaban J connectivity index is 1.70. The van der Waals surface area contributed by atoms with E-state index in [1.807, 2.05) is 61.7 Å². The molecule has 8 nitrogen and oxygen atoms in total. The molecule has 0 atom stereocenters. The minimum absolute atomic E-state index is 0.177. The van der Waals surface area contributed by atoms with Gasteiger partial charge in [0, 0.05) is 17.3 Å². The first-order valence-electron chi connectivity index (χ1n) is 10.9. The van der Waals surface area contributed by atoms with E-state index in [0.29, 0.717) is 16.8 Å². The second-order valence-electron chi connectivity index (χ2n) is 7.91. The lowest BCUT2D eigenvalue weighted by molar-refractivity contribution is 0.361. The maximum Gasteiger partial charge on any atom is 0.295 e. The molecule has 5 rings (SSSR count). The molecular weight excluding hydrogens is 462 g/mol. The van der Waals surface area contributed by atoms with Gasteiger partial charge >= 0.3 is 0 Å². The first-order chi connectivity index (χ1) is 16.9. The molecule has 0 spiro atoms. The number of para-hydroxylation sites is 1. The van der Waals surface area contributed by atoms with Crippen LogP contribution in [0.1, 0.15) is 16.8 Å². The summed E-state index contributed by atoms with van der Waals surface area (Å²) < 4.78 is 9.07. The Bertz CT molecular complexity index is 1730. The van der Waals surface area contributed by atoms with Crippen molar-refractivity contribution in [3.63, 3.8) is 0 Å². The Morgan fingerprint density at radius 1 is 1.09 bits per heavy atom. The Hall–Kier alpha value is -4.37. The molecule has 0 bridgehead atoms. The lowest BCUT2D eigenvalue weighted by Gasteiger charge is -2.08. The molecule has 2 aromatic carbocycles. The molecule has 174 valence electrons. The van der Waals surface area contributed by atoms with Crippen molar-refractivity contribution in [2.45, 2.75) is 13.8 Å². The van der Waals surface area contributed by atoms with Crippen LogP contribution in [0.2, 0.25) is 0 Å². The normalized spacial score (nSPS) is 11.8. The van der Waals surface area contributed by atoms with Gasteiger partial charge in [0.05, 0.1) is 10.2 Å². The number of fused-ring (bicyclic) bond motifs is 1. The summed E-state index contributed by atoms with van der Waals surface area (Å²) in [5.41, 5.74) is 3.58. The minimum atomic E-state index is -0.440. The van der Waals surface area contributed by atoms with Gasteiger partial charge in [-0.1, -0.05) is 42.2 Å². The van der Waals surface area contributed by atoms with Gasteiger partial charge < -0.3 is 4.74 Å². The fourth-order valence-electron chi connectivity index (χ4n) is 3.67. The molecule has 0 unspecified atom stereocenters. The number of aryl methyl sites for hydroxylation is 2. The predicted octanol–water partition coefficient (Wildman–Crippen LogP) is 3.09. The lowest BCUT2D eigenvalue weighted by Crippen LogP contribution is -2.27. The highest BCUT2D eigenvalue weighted by molar-refractivity contribution is 7.15. The second-order valence-corrected chi connectivity index (χ2v) is 8.91. The van der Waals surface area contributed by atoms with Gasteiger partial charge in [0.2, 0.25) is 4.96 Å². The van der Waals surface area contributed by atoms with E-state index in [4.69, 9.17) is 9.84 Å². The average Bonchev–Trinajstić information content (AvgIpc) is 3.41. The van der Waals surface area contributed by atoms with Crippen LogP contribution in [0.25, 0.3) is 28.0 Å². The van der Waals surface area contributed by atoms with Gasteiger partial charge in [0.15, 0.2) is 0 Å². The molecule has 0 radical (unpaired) electrons. The molecular formula is C26H21N5O3S. The van der Waals surface area contributed by atoms with Crippen LogP contribution < -0.4 is 20.4 Å². The second kappa shape index (κ2) is 9.11. The smallest absolute Gasteiger partial charge is 0.295 e. The lowest BCUT2D eigenvalue weighted by atomic mass is 10.0. The number of benzene rings is 2. The van der Waals surface area contributed by atoms with E-state index >= 15 is 0 Å². The molecule has 0 aliphatic heterocycles. The van der Waals surface area contributed by atoms with Gasteiger partial charge in [-0.3, -0.25) is 9.59 Å². The molecule has 3 heterocycles. The van der Waals surface area contributed by atoms with Crippen molar-refractivity contribution in [1.29, 1.82) is 0 Å². The zero-order chi connectivity index (χ0) is 24.5. The number of thiazole rings is 1. The first-order valence-corrected chi connectivity index (χ1v) is 11.7. The van der Waals surface area contributed by atoms with Crippen molar-refractivity contribution in [2.24, 2.45) is 0 Å². The van der Waals surface area contributed by atoms with Gasteiger partial charge in [-0.05, 0) is 55.8 Å². The van der Waals surface area contributed by atoms with Gasteiger partial charge in [-0.25, -0.2) is 4.68 Å². The summed E-state index contributed by atoms with van der Waals surface area (Å²) in [6.45, 7) is 7.62. The molecule has 0 aliphatic carbocycles. The monoisotopic (exact) mass is 483 g/mol. The maximum absolute atomic E-state index is 13.0. The van der Waals surface area contributed by atoms with Crippen molar-refractivity contribution in [2.75, 3.05) is 6.61 Å². The zero-order valence-corrected chi connectivity index (χ0v) is 20.0. The van der Waals surface area contributed by atoms with Crippen LogP contribution in [0, 0.1) is 13.8 Å². The molecule has 0 N–H and O–H groups in total. The van der Waals surface area contributed by atoms with Crippen molar-refractivity contribution in [3.05, 3.63) is 109 Å². The predicted molar refractivity (Wildman–Crippen MR) is 136 cm³/mol. The van der Waals surface area contributed by atoms with E-state index in [1.54, 1.807) is 16.8 Å². The molecule has 0 saturated heterocycles. The van der Waals surface area contributed by atoms with Crippen LogP contribution >= 0.6 is 11.3 Å². The van der Waals surface area contributed by atoms with E-state index < -0.39 is 5.56 Å². The van der Waals surface area contributed by atoms with Crippen LogP contribution in [0.3, 0.4) is 0 Å². The average molecular weight is 484 g/mol. The largest absolute Gasteiger partial charge is 0.489 e. The molecule has 0 fully saturated rings. The first kappa shape index (κ1) is 22.4. The Morgan fingerprint density at radius 2 is 1.89 bits per heavy atom. The molecule has 0 amide bonds. The fraction of sp³-hybridized carbons (Fsp3) is 0.115. The van der Waals surface area contributed by atoms with Crippen LogP contribution in [0.5, 0.6) is 5.75 Å². The van der Waals surface area contributed by atoms with Gasteiger partial charge in [0.25, 0.3) is 11.1 Å². The maximum atomic E-state index is 13.0. The minimum Gasteiger partial charge on any atom is -0.489 e. The topological polar surface area (TPSA) is 91.4 Å². The Kier molecular flexibility index (Phi) is 5.84. The number of hydrogen-bond acceptors (Lipinski definition) is 7. The van der Waals surface area contributed by atoms with Crippen molar-refractivity contribution >= 4 is 22.4 Å². The quantitative estimate of drug-likeness (QED) is 0.345. The van der Waals surface area contributed by atoms with Crippen LogP contribution in [-0.4, -0.2) is 31.0 Å². The highest BCUT2D eigenvalue weighted by Crippen LogP contribution is 2.29. The third-order valence-electron chi connectivity index (χ3n) is 5.40. The summed E-state index contributed by atoms with van der Waals surface area (Å²) >= 11 is 1.12. The standard InChI is InChI=1S/C26H21N5O3S/c1-4-12-34-21-11-10-18(13-16(21)2)23-19(15-30(29-23)20-8-6-5-7-9-20)14-22-25(33)31-26(35-22)27-24(32)17(3)28-31/h4-11,13-15H,1,12H2,2-3H3. The molecule has 3 aromatic heterocycles. The van der Waals surface area contributed by atoms with E-state index in [1.165, 1.54) is 11.4 Å². The Labute approximate surface area is 204 Å². The van der Waals surface area contributed by atoms with Crippen LogP contribution in [0.4, 0.5) is 0 Å². The molecule has 0 aliphatic rings. The third kappa shape index (κ3) is 4.29. The van der Waals surface area contributed by atoms with Gasteiger partial charge in [0.1, 0.15) is 23.7 Å². The van der Waals surface area contributed by atoms with Crippen molar-refractivity contribution in [3.8, 4) is 22.7 Å². The summed E-state index contributed by atoms with van der Waals surface area (Å²) in [6.07, 6.45) is 5.34. The third-order valence-corrected chi connectivity index (χ3v) is 6.36. The number of nitrogens with zero attached hydrogens (tertiary/aromatic N) is 5. The highest BCUT2D eigenvalue weighted by atomic mass is 32.1. The number of aromatic nitrogens is 5.